The monoisotopic (exact) mass is 1090 g/mol. The van der Waals surface area contributed by atoms with Crippen molar-refractivity contribution in [2.75, 3.05) is 19.6 Å². The second-order valence-electron chi connectivity index (χ2n) is 17.4. The summed E-state index contributed by atoms with van der Waals surface area (Å²) in [5, 5.41) is 33.9. The van der Waals surface area contributed by atoms with Gasteiger partial charge in [0.25, 0.3) is 0 Å². The van der Waals surface area contributed by atoms with E-state index in [0.29, 0.717) is 42.4 Å². The van der Waals surface area contributed by atoms with Gasteiger partial charge in [0.15, 0.2) is 0 Å². The third-order valence-electron chi connectivity index (χ3n) is 10.6. The molecule has 0 spiro atoms. The second kappa shape index (κ2) is 67.8. The third-order valence-corrected chi connectivity index (χ3v) is 10.6. The van der Waals surface area contributed by atoms with Crippen molar-refractivity contribution in [3.63, 3.8) is 0 Å². The molecule has 18 heteroatoms. The molecular formula is C54H97N5O11V2-. The number of carboxylic acid groups (broad SMARTS) is 4. The number of aliphatic carboxylic acids is 4. The van der Waals surface area contributed by atoms with Gasteiger partial charge in [-0.2, -0.15) is 19.6 Å². The first-order valence-corrected chi connectivity index (χ1v) is 28.4. The van der Waals surface area contributed by atoms with Gasteiger partial charge in [-0.3, -0.25) is 29.1 Å². The Hall–Kier alpha value is -3.21. The number of aromatic nitrogens is 2. The number of carboxylic acids is 4. The molecule has 2 aromatic rings. The van der Waals surface area contributed by atoms with Gasteiger partial charge in [-0.1, -0.05) is 226 Å². The Labute approximate surface area is 451 Å². The molecule has 8 N–H and O–H groups in total. The third kappa shape index (κ3) is 73.3. The van der Waals surface area contributed by atoms with Crippen LogP contribution in [0.2, 0.25) is 0 Å². The summed E-state index contributed by atoms with van der Waals surface area (Å²) in [5.74, 6) is -3.93. The molecular weight excluding hydrogens is 997 g/mol. The molecule has 72 heavy (non-hydrogen) atoms. The molecule has 0 fully saturated rings. The SMILES string of the molecule is CCCCCCCCCCCC[NH-].CCCCCCCCCCCC[NH-].CCCCCCCCCCCC[NH-].O=C(O)Cc1cccc(CC(=O)O)n1.O=C(O)Cc1cccc(CC(=O)O)n1.[O]=[V+2].[O]=[V][OH]. The molecule has 0 saturated heterocycles. The van der Waals surface area contributed by atoms with E-state index in [9.17, 15) is 19.2 Å². The summed E-state index contributed by atoms with van der Waals surface area (Å²) in [4.78, 5) is 49.2. The fraction of sp³-hybridized carbons (Fsp3) is 0.741. The van der Waals surface area contributed by atoms with E-state index in [2.05, 4.69) is 30.7 Å². The zero-order chi connectivity index (χ0) is 55.1. The van der Waals surface area contributed by atoms with Crippen LogP contribution in [-0.4, -0.2) is 77.9 Å². The topological polar surface area (TPSA) is 301 Å². The summed E-state index contributed by atoms with van der Waals surface area (Å²) >= 11 is -0.500. The Kier molecular flexibility index (Phi) is 73.1. The normalized spacial score (nSPS) is 9.79. The van der Waals surface area contributed by atoms with Crippen molar-refractivity contribution in [3.8, 4) is 0 Å². The molecule has 2 rings (SSSR count). The average Bonchev–Trinajstić information content (AvgIpc) is 3.34. The first-order chi connectivity index (χ1) is 34.8. The van der Waals surface area contributed by atoms with Gasteiger partial charge in [0.05, 0.1) is 48.5 Å². The number of carbonyl (C=O) groups is 4. The molecule has 0 aliphatic heterocycles. The van der Waals surface area contributed by atoms with E-state index in [1.165, 1.54) is 173 Å². The van der Waals surface area contributed by atoms with Crippen molar-refractivity contribution < 1.29 is 84.9 Å². The number of rotatable bonds is 38. The van der Waals surface area contributed by atoms with E-state index in [4.69, 9.17) is 49.0 Å². The van der Waals surface area contributed by atoms with Crippen LogP contribution in [0.1, 0.15) is 236 Å². The summed E-state index contributed by atoms with van der Waals surface area (Å²) in [6.07, 6.45) is 40.1. The van der Waals surface area contributed by atoms with E-state index < -0.39 is 40.5 Å². The molecule has 2 aromatic heterocycles. The maximum atomic E-state index is 10.3. The maximum absolute atomic E-state index is 10.3. The molecule has 16 nitrogen and oxygen atoms in total. The standard InChI is InChI=1S/3C12H26N.2C9H9NO4.H2O.2O.2V/c3*1-2-3-4-5-6-7-8-9-10-11-12-13;2*11-8(12)4-6-2-1-3-7(10-6)5-9(13)14;;;;;/h3*13H,2-12H2,1H3;2*1-3H,4-5H2,(H,11,12)(H,13,14);1H2;;;;/q3*-1;;;;;;+1;+2/p-1. The number of hydrogen-bond acceptors (Lipinski definition) is 8. The van der Waals surface area contributed by atoms with Gasteiger partial charge in [-0.15, -0.1) is 0 Å². The van der Waals surface area contributed by atoms with E-state index in [0.717, 1.165) is 36.6 Å². The van der Waals surface area contributed by atoms with E-state index in [1.54, 1.807) is 36.4 Å². The molecule has 415 valence electrons. The van der Waals surface area contributed by atoms with Crippen molar-refractivity contribution in [1.29, 1.82) is 0 Å². The summed E-state index contributed by atoms with van der Waals surface area (Å²) in [7, 11) is 0. The first-order valence-electron chi connectivity index (χ1n) is 26.7. The van der Waals surface area contributed by atoms with Crippen LogP contribution < -0.4 is 0 Å². The number of nitrogens with one attached hydrogen (secondary N) is 3. The zero-order valence-electron chi connectivity index (χ0n) is 44.6. The second-order valence-corrected chi connectivity index (χ2v) is 17.7. The van der Waals surface area contributed by atoms with Crippen molar-refractivity contribution in [2.24, 2.45) is 0 Å². The van der Waals surface area contributed by atoms with Gasteiger partial charge in [-0.05, 0) is 24.3 Å². The number of unbranched alkanes of at least 4 members (excludes halogenated alkanes) is 27. The molecule has 0 saturated carbocycles. The van der Waals surface area contributed by atoms with Gasteiger partial charge in [0, 0.05) is 0 Å². The quantitative estimate of drug-likeness (QED) is 0.0391. The van der Waals surface area contributed by atoms with Crippen LogP contribution in [0, 0.1) is 0 Å². The minimum atomic E-state index is -1.56. The summed E-state index contributed by atoms with van der Waals surface area (Å²) < 4.78 is 23.9. The van der Waals surface area contributed by atoms with Crippen molar-refractivity contribution in [1.82, 2.24) is 9.97 Å². The molecule has 0 atom stereocenters. The van der Waals surface area contributed by atoms with E-state index in [-0.39, 0.29) is 25.7 Å². The van der Waals surface area contributed by atoms with Crippen molar-refractivity contribution >= 4 is 23.9 Å². The molecule has 0 aliphatic rings. The summed E-state index contributed by atoms with van der Waals surface area (Å²) in [6.45, 7) is 8.66. The van der Waals surface area contributed by atoms with Crippen molar-refractivity contribution in [2.45, 2.75) is 239 Å². The number of hydrogen-bond donors (Lipinski definition) is 5. The van der Waals surface area contributed by atoms with E-state index >= 15 is 0 Å². The first kappa shape index (κ1) is 77.7. The molecule has 2 heterocycles. The Morgan fingerprint density at radius 2 is 0.542 bits per heavy atom. The average molecular weight is 1090 g/mol. The van der Waals surface area contributed by atoms with Crippen molar-refractivity contribution in [3.05, 3.63) is 76.4 Å². The van der Waals surface area contributed by atoms with Crippen LogP contribution in [-0.2, 0) is 86.2 Å². The van der Waals surface area contributed by atoms with Crippen LogP contribution in [0.25, 0.3) is 17.2 Å². The number of nitrogens with zero attached hydrogens (tertiary/aromatic N) is 2. The fourth-order valence-electron chi connectivity index (χ4n) is 6.91. The van der Waals surface area contributed by atoms with Gasteiger partial charge in [0.2, 0.25) is 0 Å². The van der Waals surface area contributed by atoms with Gasteiger partial charge in [-0.25, -0.2) is 0 Å². The predicted octanol–water partition coefficient (Wildman–Crippen LogP) is 14.8. The fourth-order valence-corrected chi connectivity index (χ4v) is 6.91. The molecule has 0 amide bonds. The van der Waals surface area contributed by atoms with Crippen LogP contribution in [0.15, 0.2) is 36.4 Å². The molecule has 0 bridgehead atoms. The Bertz CT molecular complexity index is 1280. The van der Waals surface area contributed by atoms with Crippen LogP contribution in [0.3, 0.4) is 0 Å². The van der Waals surface area contributed by atoms with Crippen LogP contribution >= 0.6 is 0 Å². The molecule has 0 aromatic carbocycles. The summed E-state index contributed by atoms with van der Waals surface area (Å²) in [5.41, 5.74) is 22.5. The van der Waals surface area contributed by atoms with Gasteiger partial charge >= 0.3 is 69.2 Å². The molecule has 0 aliphatic carbocycles. The minimum absolute atomic E-state index is 0.187. The van der Waals surface area contributed by atoms with Gasteiger partial charge in [0.1, 0.15) is 0 Å². The van der Waals surface area contributed by atoms with Crippen LogP contribution in [0.5, 0.6) is 0 Å². The molecule has 0 radical (unpaired) electrons. The molecule has 0 unspecified atom stereocenters. The predicted molar refractivity (Wildman–Crippen MR) is 281 cm³/mol. The summed E-state index contributed by atoms with van der Waals surface area (Å²) in [6, 6.07) is 9.42. The van der Waals surface area contributed by atoms with Crippen LogP contribution in [0.4, 0.5) is 0 Å². The van der Waals surface area contributed by atoms with E-state index in [1.807, 2.05) is 0 Å². The number of pyridine rings is 2. The van der Waals surface area contributed by atoms with Gasteiger partial charge < -0.3 is 37.6 Å². The Morgan fingerprint density at radius 1 is 0.389 bits per heavy atom. The Balaban J connectivity index is -0.000000254. The Morgan fingerprint density at radius 3 is 0.681 bits per heavy atom. The zero-order valence-corrected chi connectivity index (χ0v) is 47.4.